The first-order chi connectivity index (χ1) is 13.5. The molecule has 0 aliphatic heterocycles. The molecule has 0 radical (unpaired) electrons. The van der Waals surface area contributed by atoms with E-state index in [9.17, 15) is 30.4 Å². The third-order valence-corrected chi connectivity index (χ3v) is 5.73. The van der Waals surface area contributed by atoms with Crippen molar-refractivity contribution in [3.8, 4) is 16.9 Å². The van der Waals surface area contributed by atoms with Crippen molar-refractivity contribution in [2.24, 2.45) is 0 Å². The molecule has 152 valence electrons. The first kappa shape index (κ1) is 21.4. The molecule has 0 unspecified atom stereocenters. The van der Waals surface area contributed by atoms with Crippen molar-refractivity contribution in [1.29, 1.82) is 0 Å². The van der Waals surface area contributed by atoms with Gasteiger partial charge >= 0.3 is 10.1 Å². The molecule has 0 spiro atoms. The van der Waals surface area contributed by atoms with Gasteiger partial charge in [-0.3, -0.25) is 0 Å². The van der Waals surface area contributed by atoms with Crippen LogP contribution in [0.25, 0.3) is 11.1 Å². The van der Waals surface area contributed by atoms with Crippen LogP contribution in [0.2, 0.25) is 10.0 Å². The Balaban J connectivity index is 1.96. The van der Waals surface area contributed by atoms with Crippen LogP contribution >= 0.6 is 23.2 Å². The summed E-state index contributed by atoms with van der Waals surface area (Å²) < 4.78 is 95.5. The maximum atomic E-state index is 13.7. The van der Waals surface area contributed by atoms with Crippen molar-refractivity contribution in [2.75, 3.05) is 0 Å². The van der Waals surface area contributed by atoms with E-state index in [4.69, 9.17) is 23.2 Å². The van der Waals surface area contributed by atoms with Crippen molar-refractivity contribution < 1.29 is 34.6 Å². The Labute approximate surface area is 171 Å². The molecule has 29 heavy (non-hydrogen) atoms. The third kappa shape index (κ3) is 4.03. The first-order valence-electron chi connectivity index (χ1n) is 7.54. The van der Waals surface area contributed by atoms with Crippen LogP contribution < -0.4 is 4.18 Å². The van der Waals surface area contributed by atoms with Gasteiger partial charge in [0.1, 0.15) is 4.90 Å². The fraction of sp³-hybridized carbons (Fsp3) is 0. The van der Waals surface area contributed by atoms with Crippen LogP contribution in [-0.4, -0.2) is 8.42 Å². The minimum atomic E-state index is -4.90. The molecule has 0 fully saturated rings. The summed E-state index contributed by atoms with van der Waals surface area (Å²) in [4.78, 5) is -0.578. The van der Waals surface area contributed by atoms with Gasteiger partial charge in [0.05, 0.1) is 10.0 Å². The van der Waals surface area contributed by atoms with E-state index in [0.717, 1.165) is 12.1 Å². The highest BCUT2D eigenvalue weighted by Gasteiger charge is 2.30. The standard InChI is InChI=1S/C18H7Cl2F5O3S/c19-11-6-3-9(7-12(11)20)8-1-4-10(5-2-8)29(26,27)28-18-16(24)14(22)13(21)15(23)17(18)25/h1-7H. The summed E-state index contributed by atoms with van der Waals surface area (Å²) in [7, 11) is -4.90. The number of hydrogen-bond acceptors (Lipinski definition) is 3. The fourth-order valence-electron chi connectivity index (χ4n) is 2.31. The van der Waals surface area contributed by atoms with E-state index in [2.05, 4.69) is 4.18 Å². The molecule has 0 bridgehead atoms. The summed E-state index contributed by atoms with van der Waals surface area (Å²) in [5, 5.41) is 0.571. The maximum Gasteiger partial charge on any atom is 0.339 e. The normalized spacial score (nSPS) is 11.6. The number of halogens is 7. The Kier molecular flexibility index (Phi) is 5.75. The molecule has 0 aliphatic carbocycles. The Hall–Kier alpha value is -2.36. The van der Waals surface area contributed by atoms with Crippen molar-refractivity contribution in [1.82, 2.24) is 0 Å². The Morgan fingerprint density at radius 1 is 0.655 bits per heavy atom. The van der Waals surface area contributed by atoms with Crippen molar-refractivity contribution >= 4 is 33.3 Å². The van der Waals surface area contributed by atoms with E-state index in [1.165, 1.54) is 24.3 Å². The number of benzene rings is 3. The van der Waals surface area contributed by atoms with E-state index in [0.29, 0.717) is 16.1 Å². The van der Waals surface area contributed by atoms with Crippen LogP contribution in [0.4, 0.5) is 22.0 Å². The molecule has 0 heterocycles. The second-order valence-electron chi connectivity index (χ2n) is 5.59. The topological polar surface area (TPSA) is 43.4 Å². The average molecular weight is 469 g/mol. The van der Waals surface area contributed by atoms with Crippen LogP contribution in [0.3, 0.4) is 0 Å². The van der Waals surface area contributed by atoms with Crippen molar-refractivity contribution in [2.45, 2.75) is 4.90 Å². The monoisotopic (exact) mass is 468 g/mol. The zero-order valence-electron chi connectivity index (χ0n) is 13.8. The molecule has 3 nitrogen and oxygen atoms in total. The van der Waals surface area contributed by atoms with Gasteiger partial charge in [-0.15, -0.1) is 0 Å². The predicted octanol–water partition coefficient (Wildman–Crippen LogP) is 6.12. The maximum absolute atomic E-state index is 13.7. The smallest absolute Gasteiger partial charge is 0.339 e. The van der Waals surface area contributed by atoms with E-state index in [-0.39, 0.29) is 5.02 Å². The van der Waals surface area contributed by atoms with Gasteiger partial charge in [0.25, 0.3) is 0 Å². The number of hydrogen-bond donors (Lipinski definition) is 0. The van der Waals surface area contributed by atoms with Crippen LogP contribution in [0.1, 0.15) is 0 Å². The lowest BCUT2D eigenvalue weighted by molar-refractivity contribution is 0.346. The van der Waals surface area contributed by atoms with E-state index >= 15 is 0 Å². The molecule has 3 aromatic rings. The lowest BCUT2D eigenvalue weighted by Crippen LogP contribution is -2.14. The fourth-order valence-corrected chi connectivity index (χ4v) is 3.53. The molecular formula is C18H7Cl2F5O3S. The van der Waals surface area contributed by atoms with Crippen LogP contribution in [0, 0.1) is 29.1 Å². The minimum absolute atomic E-state index is 0.260. The zero-order chi connectivity index (χ0) is 21.5. The van der Waals surface area contributed by atoms with Gasteiger partial charge in [0, 0.05) is 0 Å². The van der Waals surface area contributed by atoms with Gasteiger partial charge < -0.3 is 4.18 Å². The summed E-state index contributed by atoms with van der Waals surface area (Å²) in [6.45, 7) is 0. The second-order valence-corrected chi connectivity index (χ2v) is 7.95. The second kappa shape index (κ2) is 7.81. The molecular weight excluding hydrogens is 462 g/mol. The van der Waals surface area contributed by atoms with E-state index in [1.54, 1.807) is 6.07 Å². The van der Waals surface area contributed by atoms with Gasteiger partial charge in [-0.2, -0.15) is 17.2 Å². The molecule has 3 rings (SSSR count). The molecule has 0 amide bonds. The van der Waals surface area contributed by atoms with Crippen LogP contribution in [0.5, 0.6) is 5.75 Å². The van der Waals surface area contributed by atoms with Gasteiger partial charge in [0.2, 0.25) is 34.8 Å². The van der Waals surface area contributed by atoms with Gasteiger partial charge in [-0.25, -0.2) is 13.2 Å². The lowest BCUT2D eigenvalue weighted by Gasteiger charge is -2.11. The van der Waals surface area contributed by atoms with Crippen LogP contribution in [0.15, 0.2) is 47.4 Å². The Morgan fingerprint density at radius 3 is 1.66 bits per heavy atom. The average Bonchev–Trinajstić information content (AvgIpc) is 2.70. The quantitative estimate of drug-likeness (QED) is 0.200. The van der Waals surface area contributed by atoms with Crippen LogP contribution in [-0.2, 0) is 10.1 Å². The highest BCUT2D eigenvalue weighted by Crippen LogP contribution is 2.32. The van der Waals surface area contributed by atoms with Gasteiger partial charge in [0.15, 0.2) is 0 Å². The van der Waals surface area contributed by atoms with Crippen molar-refractivity contribution in [3.63, 3.8) is 0 Å². The van der Waals surface area contributed by atoms with Gasteiger partial charge in [-0.05, 0) is 35.4 Å². The van der Waals surface area contributed by atoms with Crippen molar-refractivity contribution in [3.05, 3.63) is 81.6 Å². The summed E-state index contributed by atoms with van der Waals surface area (Å²) in [6, 6.07) is 9.37. The highest BCUT2D eigenvalue weighted by molar-refractivity contribution is 7.87. The summed E-state index contributed by atoms with van der Waals surface area (Å²) in [6.07, 6.45) is 0. The molecule has 0 N–H and O–H groups in total. The molecule has 0 aromatic heterocycles. The number of rotatable bonds is 4. The molecule has 3 aromatic carbocycles. The minimum Gasteiger partial charge on any atom is -0.372 e. The third-order valence-electron chi connectivity index (χ3n) is 3.76. The Morgan fingerprint density at radius 2 is 1.14 bits per heavy atom. The largest absolute Gasteiger partial charge is 0.372 e. The summed E-state index contributed by atoms with van der Waals surface area (Å²) in [5.41, 5.74) is 1.10. The highest BCUT2D eigenvalue weighted by atomic mass is 35.5. The molecule has 0 aliphatic rings. The summed E-state index contributed by atoms with van der Waals surface area (Å²) in [5.74, 6) is -13.8. The molecule has 0 atom stereocenters. The molecule has 11 heteroatoms. The lowest BCUT2D eigenvalue weighted by atomic mass is 10.1. The SMILES string of the molecule is O=S(=O)(Oc1c(F)c(F)c(F)c(F)c1F)c1ccc(-c2ccc(Cl)c(Cl)c2)cc1. The molecule has 0 saturated carbocycles. The Bertz CT molecular complexity index is 1190. The van der Waals surface area contributed by atoms with E-state index in [1.807, 2.05) is 0 Å². The predicted molar refractivity (Wildman–Crippen MR) is 95.9 cm³/mol. The van der Waals surface area contributed by atoms with Gasteiger partial charge in [-0.1, -0.05) is 41.4 Å². The summed E-state index contributed by atoms with van der Waals surface area (Å²) >= 11 is 11.7. The first-order valence-corrected chi connectivity index (χ1v) is 9.70. The molecule has 0 saturated heterocycles. The van der Waals surface area contributed by atoms with E-state index < -0.39 is 49.8 Å². The zero-order valence-corrected chi connectivity index (χ0v) is 16.1.